The van der Waals surface area contributed by atoms with E-state index in [2.05, 4.69) is 24.8 Å². The highest BCUT2D eigenvalue weighted by atomic mass is 16.5. The highest BCUT2D eigenvalue weighted by Crippen LogP contribution is 2.34. The highest BCUT2D eigenvalue weighted by Gasteiger charge is 2.29. The van der Waals surface area contributed by atoms with Gasteiger partial charge in [0, 0.05) is 38.3 Å². The fraction of sp³-hybridized carbons (Fsp3) is 0.480. The Labute approximate surface area is 190 Å². The number of benzene rings is 1. The summed E-state index contributed by atoms with van der Waals surface area (Å²) in [7, 11) is 3.25. The van der Waals surface area contributed by atoms with Crippen LogP contribution in [0.4, 0.5) is 5.82 Å². The van der Waals surface area contributed by atoms with Gasteiger partial charge < -0.3 is 19.3 Å². The Morgan fingerprint density at radius 2 is 2.06 bits per heavy atom. The van der Waals surface area contributed by atoms with E-state index in [1.54, 1.807) is 14.2 Å². The summed E-state index contributed by atoms with van der Waals surface area (Å²) in [5.41, 5.74) is 3.41. The van der Waals surface area contributed by atoms with Crippen LogP contribution in [0.15, 0.2) is 30.3 Å². The maximum Gasteiger partial charge on any atom is 0.225 e. The van der Waals surface area contributed by atoms with Crippen LogP contribution in [-0.4, -0.2) is 62.3 Å². The fourth-order valence-corrected chi connectivity index (χ4v) is 4.16. The van der Waals surface area contributed by atoms with Gasteiger partial charge in [0.2, 0.25) is 5.91 Å². The molecule has 2 heterocycles. The number of amides is 1. The summed E-state index contributed by atoms with van der Waals surface area (Å²) in [4.78, 5) is 21.5. The van der Waals surface area contributed by atoms with E-state index in [4.69, 9.17) is 14.5 Å². The van der Waals surface area contributed by atoms with Gasteiger partial charge in [-0.05, 0) is 36.6 Å². The fourth-order valence-electron chi connectivity index (χ4n) is 4.16. The molecule has 1 aromatic carbocycles. The molecular formula is C25H32N4O3. The van der Waals surface area contributed by atoms with E-state index in [0.29, 0.717) is 44.0 Å². The summed E-state index contributed by atoms with van der Waals surface area (Å²) in [6.07, 6.45) is 0.384. The summed E-state index contributed by atoms with van der Waals surface area (Å²) in [6, 6.07) is 12.1. The van der Waals surface area contributed by atoms with Crippen molar-refractivity contribution in [3.8, 4) is 22.9 Å². The topological polar surface area (TPSA) is 78.7 Å². The Balaban J connectivity index is 1.94. The van der Waals surface area contributed by atoms with Gasteiger partial charge >= 0.3 is 0 Å². The van der Waals surface area contributed by atoms with Crippen LogP contribution in [0.2, 0.25) is 0 Å². The van der Waals surface area contributed by atoms with Crippen LogP contribution < -0.4 is 9.64 Å². The molecule has 1 amide bonds. The predicted molar refractivity (Wildman–Crippen MR) is 125 cm³/mol. The number of aromatic nitrogens is 1. The Hall–Kier alpha value is -3.11. The van der Waals surface area contributed by atoms with E-state index in [0.717, 1.165) is 22.6 Å². The van der Waals surface area contributed by atoms with Gasteiger partial charge in [-0.15, -0.1) is 0 Å². The Kier molecular flexibility index (Phi) is 7.70. The maximum atomic E-state index is 12.5. The molecule has 0 N–H and O–H groups in total. The predicted octanol–water partition coefficient (Wildman–Crippen LogP) is 3.83. The number of rotatable bonds is 7. The molecular weight excluding hydrogens is 404 g/mol. The first-order valence-corrected chi connectivity index (χ1v) is 11.0. The highest BCUT2D eigenvalue weighted by molar-refractivity contribution is 5.77. The molecule has 170 valence electrons. The molecule has 1 aromatic heterocycles. The van der Waals surface area contributed by atoms with E-state index in [-0.39, 0.29) is 17.9 Å². The monoisotopic (exact) mass is 436 g/mol. The Bertz CT molecular complexity index is 999. The largest absolute Gasteiger partial charge is 0.497 e. The van der Waals surface area contributed by atoms with Crippen molar-refractivity contribution < 1.29 is 14.3 Å². The minimum atomic E-state index is 0.0296. The van der Waals surface area contributed by atoms with Crippen LogP contribution in [-0.2, 0) is 9.53 Å². The first-order chi connectivity index (χ1) is 15.4. The molecule has 1 aliphatic heterocycles. The number of piperazine rings is 1. The number of hydrogen-bond donors (Lipinski definition) is 0. The van der Waals surface area contributed by atoms with Crippen molar-refractivity contribution in [3.63, 3.8) is 0 Å². The minimum absolute atomic E-state index is 0.0296. The van der Waals surface area contributed by atoms with Crippen molar-refractivity contribution in [1.82, 2.24) is 9.88 Å². The zero-order valence-corrected chi connectivity index (χ0v) is 19.6. The van der Waals surface area contributed by atoms with Crippen LogP contribution in [0.25, 0.3) is 11.1 Å². The third kappa shape index (κ3) is 5.03. The molecule has 1 fully saturated rings. The molecule has 0 aliphatic carbocycles. The molecule has 32 heavy (non-hydrogen) atoms. The smallest absolute Gasteiger partial charge is 0.225 e. The van der Waals surface area contributed by atoms with E-state index in [1.807, 2.05) is 42.2 Å². The lowest BCUT2D eigenvalue weighted by Gasteiger charge is -2.41. The number of carbonyl (C=O) groups is 1. The van der Waals surface area contributed by atoms with Crippen molar-refractivity contribution in [2.24, 2.45) is 0 Å². The van der Waals surface area contributed by atoms with Gasteiger partial charge in [-0.25, -0.2) is 4.98 Å². The average Bonchev–Trinajstić information content (AvgIpc) is 2.81. The third-order valence-electron chi connectivity index (χ3n) is 5.85. The molecule has 1 atom stereocenters. The number of nitrogens with zero attached hydrogens (tertiary/aromatic N) is 4. The van der Waals surface area contributed by atoms with E-state index >= 15 is 0 Å². The van der Waals surface area contributed by atoms with Crippen molar-refractivity contribution in [2.45, 2.75) is 39.2 Å². The Morgan fingerprint density at radius 3 is 2.69 bits per heavy atom. The second kappa shape index (κ2) is 10.5. The number of ether oxygens (including phenoxy) is 2. The molecule has 1 saturated heterocycles. The molecule has 2 aromatic rings. The summed E-state index contributed by atoms with van der Waals surface area (Å²) in [5, 5.41) is 9.93. The van der Waals surface area contributed by atoms with Crippen molar-refractivity contribution in [1.29, 1.82) is 5.26 Å². The van der Waals surface area contributed by atoms with Crippen LogP contribution in [0.3, 0.4) is 0 Å². The van der Waals surface area contributed by atoms with Gasteiger partial charge in [0.15, 0.2) is 0 Å². The van der Waals surface area contributed by atoms with Gasteiger partial charge in [-0.1, -0.05) is 26.0 Å². The molecule has 0 radical (unpaired) electrons. The molecule has 1 aliphatic rings. The molecule has 7 heteroatoms. The molecule has 0 spiro atoms. The van der Waals surface area contributed by atoms with Crippen molar-refractivity contribution in [2.75, 3.05) is 45.4 Å². The normalized spacial score (nSPS) is 16.2. The first kappa shape index (κ1) is 23.6. The first-order valence-electron chi connectivity index (χ1n) is 11.0. The second-order valence-corrected chi connectivity index (χ2v) is 8.42. The standard InChI is InChI=1S/C25H32N4O3/c1-17(2)24-22(19-7-6-8-21(13-19)32-5)14-20(15-26)25(27-24)28-10-11-29(18(3)16-28)23(30)9-12-31-4/h6-8,13-14,17-18H,9-12,16H2,1-5H3/t18-/m1/s1. The van der Waals surface area contributed by atoms with Gasteiger partial charge in [-0.2, -0.15) is 5.26 Å². The summed E-state index contributed by atoms with van der Waals surface area (Å²) in [6.45, 7) is 8.56. The van der Waals surface area contributed by atoms with Crippen molar-refractivity contribution >= 4 is 11.7 Å². The number of nitriles is 1. The average molecular weight is 437 g/mol. The number of carbonyl (C=O) groups excluding carboxylic acids is 1. The van der Waals surface area contributed by atoms with Crippen LogP contribution >= 0.6 is 0 Å². The van der Waals surface area contributed by atoms with Crippen LogP contribution in [0.1, 0.15) is 44.4 Å². The molecule has 0 unspecified atom stereocenters. The van der Waals surface area contributed by atoms with E-state index < -0.39 is 0 Å². The summed E-state index contributed by atoms with van der Waals surface area (Å²) < 4.78 is 10.4. The number of anilines is 1. The number of methoxy groups -OCH3 is 2. The Morgan fingerprint density at radius 1 is 1.28 bits per heavy atom. The lowest BCUT2D eigenvalue weighted by molar-refractivity contribution is -0.134. The lowest BCUT2D eigenvalue weighted by Crippen LogP contribution is -2.54. The maximum absolute atomic E-state index is 12.5. The third-order valence-corrected chi connectivity index (χ3v) is 5.85. The number of pyridine rings is 1. The molecule has 0 saturated carbocycles. The van der Waals surface area contributed by atoms with E-state index in [9.17, 15) is 10.1 Å². The van der Waals surface area contributed by atoms with Gasteiger partial charge in [0.25, 0.3) is 0 Å². The SMILES string of the molecule is COCCC(=O)N1CCN(c2nc(C(C)C)c(-c3cccc(OC)c3)cc2C#N)C[C@H]1C. The van der Waals surface area contributed by atoms with Gasteiger partial charge in [0.05, 0.1) is 31.4 Å². The number of hydrogen-bond acceptors (Lipinski definition) is 6. The summed E-state index contributed by atoms with van der Waals surface area (Å²) >= 11 is 0. The van der Waals surface area contributed by atoms with Crippen molar-refractivity contribution in [3.05, 3.63) is 41.6 Å². The van der Waals surface area contributed by atoms with E-state index in [1.165, 1.54) is 0 Å². The van der Waals surface area contributed by atoms with Gasteiger partial charge in [-0.3, -0.25) is 4.79 Å². The quantitative estimate of drug-likeness (QED) is 0.656. The van der Waals surface area contributed by atoms with Gasteiger partial charge in [0.1, 0.15) is 17.6 Å². The van der Waals surface area contributed by atoms with Crippen LogP contribution in [0, 0.1) is 11.3 Å². The lowest BCUT2D eigenvalue weighted by atomic mass is 9.95. The molecule has 0 bridgehead atoms. The second-order valence-electron chi connectivity index (χ2n) is 8.42. The molecule has 3 rings (SSSR count). The molecule has 7 nitrogen and oxygen atoms in total. The summed E-state index contributed by atoms with van der Waals surface area (Å²) in [5.74, 6) is 1.74. The zero-order chi connectivity index (χ0) is 23.3. The van der Waals surface area contributed by atoms with Crippen LogP contribution in [0.5, 0.6) is 5.75 Å². The minimum Gasteiger partial charge on any atom is -0.497 e. The zero-order valence-electron chi connectivity index (χ0n) is 19.6.